The van der Waals surface area contributed by atoms with Crippen molar-refractivity contribution in [2.24, 2.45) is 4.99 Å². The van der Waals surface area contributed by atoms with E-state index in [1.54, 1.807) is 7.11 Å². The Labute approximate surface area is 150 Å². The smallest absolute Gasteiger partial charge is 0.224 e. The summed E-state index contributed by atoms with van der Waals surface area (Å²) in [6.07, 6.45) is 2.73. The molecular formula is C19H30N4O2. The molecular weight excluding hydrogens is 316 g/mol. The Morgan fingerprint density at radius 2 is 1.96 bits per heavy atom. The SMILES string of the molecule is CCNC(=NCCC(=O)N1CCCC1)N(C)Cc1ccc(OC)cc1. The largest absolute Gasteiger partial charge is 0.497 e. The molecule has 1 fully saturated rings. The molecule has 0 aromatic heterocycles. The summed E-state index contributed by atoms with van der Waals surface area (Å²) in [7, 11) is 3.68. The Bertz CT molecular complexity index is 565. The van der Waals surface area contributed by atoms with Crippen LogP contribution in [0.3, 0.4) is 0 Å². The van der Waals surface area contributed by atoms with Crippen LogP contribution in [0.25, 0.3) is 0 Å². The van der Waals surface area contributed by atoms with Crippen molar-refractivity contribution >= 4 is 11.9 Å². The van der Waals surface area contributed by atoms with E-state index in [0.29, 0.717) is 13.0 Å². The van der Waals surface area contributed by atoms with E-state index in [1.807, 2.05) is 31.0 Å². The first-order valence-electron chi connectivity index (χ1n) is 9.04. The Kier molecular flexibility index (Phi) is 7.57. The van der Waals surface area contributed by atoms with Gasteiger partial charge in [0.15, 0.2) is 5.96 Å². The number of aliphatic imine (C=N–C) groups is 1. The zero-order valence-electron chi connectivity index (χ0n) is 15.6. The monoisotopic (exact) mass is 346 g/mol. The van der Waals surface area contributed by atoms with Crippen molar-refractivity contribution in [2.75, 3.05) is 40.3 Å². The average molecular weight is 346 g/mol. The normalized spacial score (nSPS) is 14.5. The summed E-state index contributed by atoms with van der Waals surface area (Å²) in [5, 5.41) is 3.29. The number of rotatable bonds is 7. The van der Waals surface area contributed by atoms with Gasteiger partial charge in [0, 0.05) is 39.6 Å². The molecule has 0 unspecified atom stereocenters. The maximum Gasteiger partial charge on any atom is 0.224 e. The van der Waals surface area contributed by atoms with E-state index in [0.717, 1.165) is 50.7 Å². The summed E-state index contributed by atoms with van der Waals surface area (Å²) in [6, 6.07) is 8.02. The molecule has 1 saturated heterocycles. The molecule has 0 atom stereocenters. The standard InChI is InChI=1S/C19H30N4O2/c1-4-20-19(21-12-11-18(24)23-13-5-6-14-23)22(2)15-16-7-9-17(25-3)10-8-16/h7-10H,4-6,11-15H2,1-3H3,(H,20,21). The third-order valence-corrected chi connectivity index (χ3v) is 4.32. The third-order valence-electron chi connectivity index (χ3n) is 4.32. The maximum atomic E-state index is 12.1. The van der Waals surface area contributed by atoms with E-state index in [2.05, 4.69) is 27.3 Å². The second-order valence-electron chi connectivity index (χ2n) is 6.28. The van der Waals surface area contributed by atoms with Crippen LogP contribution in [0.5, 0.6) is 5.75 Å². The Morgan fingerprint density at radius 1 is 1.28 bits per heavy atom. The predicted molar refractivity (Wildman–Crippen MR) is 101 cm³/mol. The van der Waals surface area contributed by atoms with Crippen molar-refractivity contribution in [2.45, 2.75) is 32.7 Å². The lowest BCUT2D eigenvalue weighted by atomic mass is 10.2. The fourth-order valence-corrected chi connectivity index (χ4v) is 2.93. The van der Waals surface area contributed by atoms with Crippen LogP contribution in [-0.4, -0.2) is 62.0 Å². The summed E-state index contributed by atoms with van der Waals surface area (Å²) in [5.41, 5.74) is 1.18. The topological polar surface area (TPSA) is 57.2 Å². The number of hydrogen-bond donors (Lipinski definition) is 1. The first-order valence-corrected chi connectivity index (χ1v) is 9.04. The van der Waals surface area contributed by atoms with E-state index in [-0.39, 0.29) is 5.91 Å². The average Bonchev–Trinajstić information content (AvgIpc) is 3.16. The van der Waals surface area contributed by atoms with Gasteiger partial charge in [-0.1, -0.05) is 12.1 Å². The van der Waals surface area contributed by atoms with Gasteiger partial charge in [0.05, 0.1) is 13.7 Å². The quantitative estimate of drug-likeness (QED) is 0.607. The maximum absolute atomic E-state index is 12.1. The molecule has 6 nitrogen and oxygen atoms in total. The fourth-order valence-electron chi connectivity index (χ4n) is 2.93. The Morgan fingerprint density at radius 3 is 2.56 bits per heavy atom. The molecule has 25 heavy (non-hydrogen) atoms. The van der Waals surface area contributed by atoms with E-state index >= 15 is 0 Å². The van der Waals surface area contributed by atoms with E-state index in [1.165, 1.54) is 5.56 Å². The minimum Gasteiger partial charge on any atom is -0.497 e. The second-order valence-corrected chi connectivity index (χ2v) is 6.28. The van der Waals surface area contributed by atoms with Gasteiger partial charge in [0.1, 0.15) is 5.75 Å². The summed E-state index contributed by atoms with van der Waals surface area (Å²) in [5.74, 6) is 1.90. The van der Waals surface area contributed by atoms with Crippen LogP contribution >= 0.6 is 0 Å². The van der Waals surface area contributed by atoms with Gasteiger partial charge in [0.2, 0.25) is 5.91 Å². The van der Waals surface area contributed by atoms with Crippen molar-refractivity contribution in [1.29, 1.82) is 0 Å². The third kappa shape index (κ3) is 5.96. The van der Waals surface area contributed by atoms with Gasteiger partial charge in [-0.3, -0.25) is 9.79 Å². The molecule has 1 aromatic rings. The van der Waals surface area contributed by atoms with Gasteiger partial charge in [-0.15, -0.1) is 0 Å². The number of guanidine groups is 1. The van der Waals surface area contributed by atoms with Crippen molar-refractivity contribution < 1.29 is 9.53 Å². The molecule has 1 N–H and O–H groups in total. The van der Waals surface area contributed by atoms with Crippen LogP contribution in [0.15, 0.2) is 29.3 Å². The molecule has 0 aliphatic carbocycles. The van der Waals surface area contributed by atoms with Gasteiger partial charge in [-0.2, -0.15) is 0 Å². The zero-order chi connectivity index (χ0) is 18.1. The van der Waals surface area contributed by atoms with Crippen molar-refractivity contribution in [3.63, 3.8) is 0 Å². The molecule has 0 bridgehead atoms. The van der Waals surface area contributed by atoms with Crippen molar-refractivity contribution in [3.05, 3.63) is 29.8 Å². The highest BCUT2D eigenvalue weighted by atomic mass is 16.5. The zero-order valence-corrected chi connectivity index (χ0v) is 15.6. The number of ether oxygens (including phenoxy) is 1. The van der Waals surface area contributed by atoms with Gasteiger partial charge >= 0.3 is 0 Å². The van der Waals surface area contributed by atoms with Crippen LogP contribution in [0.2, 0.25) is 0 Å². The van der Waals surface area contributed by atoms with Crippen molar-refractivity contribution in [1.82, 2.24) is 15.1 Å². The fraction of sp³-hybridized carbons (Fsp3) is 0.579. The highest BCUT2D eigenvalue weighted by Gasteiger charge is 2.17. The van der Waals surface area contributed by atoms with Gasteiger partial charge < -0.3 is 19.9 Å². The van der Waals surface area contributed by atoms with Crippen molar-refractivity contribution in [3.8, 4) is 5.75 Å². The molecule has 0 spiro atoms. The number of likely N-dealkylation sites (tertiary alicyclic amines) is 1. The van der Waals surface area contributed by atoms with E-state index in [9.17, 15) is 4.79 Å². The molecule has 138 valence electrons. The van der Waals surface area contributed by atoms with E-state index < -0.39 is 0 Å². The molecule has 1 aliphatic rings. The second kappa shape index (κ2) is 9.91. The van der Waals surface area contributed by atoms with Crippen LogP contribution in [0.1, 0.15) is 31.7 Å². The number of carbonyl (C=O) groups excluding carboxylic acids is 1. The summed E-state index contributed by atoms with van der Waals surface area (Å²) in [4.78, 5) is 20.8. The molecule has 1 aliphatic heterocycles. The number of benzene rings is 1. The minimum absolute atomic E-state index is 0.218. The van der Waals surface area contributed by atoms with Crippen LogP contribution in [0.4, 0.5) is 0 Å². The predicted octanol–water partition coefficient (Wildman–Crippen LogP) is 2.10. The lowest BCUT2D eigenvalue weighted by Gasteiger charge is -2.22. The number of nitrogens with one attached hydrogen (secondary N) is 1. The highest BCUT2D eigenvalue weighted by Crippen LogP contribution is 2.13. The summed E-state index contributed by atoms with van der Waals surface area (Å²) in [6.45, 7) is 5.92. The minimum atomic E-state index is 0.218. The number of methoxy groups -OCH3 is 1. The summed E-state index contributed by atoms with van der Waals surface area (Å²) < 4.78 is 5.19. The molecule has 1 aromatic carbocycles. The molecule has 0 radical (unpaired) electrons. The molecule has 6 heteroatoms. The molecule has 0 saturated carbocycles. The Balaban J connectivity index is 1.89. The molecule has 2 rings (SSSR count). The number of hydrogen-bond acceptors (Lipinski definition) is 3. The highest BCUT2D eigenvalue weighted by molar-refractivity contribution is 5.81. The molecule has 1 heterocycles. The lowest BCUT2D eigenvalue weighted by molar-refractivity contribution is -0.129. The van der Waals surface area contributed by atoms with Gasteiger partial charge in [-0.05, 0) is 37.5 Å². The molecule has 1 amide bonds. The number of carbonyl (C=O) groups is 1. The van der Waals surface area contributed by atoms with Crippen LogP contribution in [0, 0.1) is 0 Å². The van der Waals surface area contributed by atoms with Gasteiger partial charge in [-0.25, -0.2) is 0 Å². The first-order chi connectivity index (χ1) is 12.1. The number of amides is 1. The van der Waals surface area contributed by atoms with Crippen LogP contribution in [-0.2, 0) is 11.3 Å². The van der Waals surface area contributed by atoms with E-state index in [4.69, 9.17) is 4.74 Å². The first kappa shape index (κ1) is 19.1. The lowest BCUT2D eigenvalue weighted by Crippen LogP contribution is -2.38. The number of nitrogens with zero attached hydrogens (tertiary/aromatic N) is 3. The summed E-state index contributed by atoms with van der Waals surface area (Å²) >= 11 is 0. The Hall–Kier alpha value is -2.24. The van der Waals surface area contributed by atoms with Gasteiger partial charge in [0.25, 0.3) is 0 Å². The van der Waals surface area contributed by atoms with Crippen LogP contribution < -0.4 is 10.1 Å².